The van der Waals surface area contributed by atoms with Gasteiger partial charge in [-0.15, -0.1) is 0 Å². The zero-order valence-corrected chi connectivity index (χ0v) is 7.77. The van der Waals surface area contributed by atoms with Crippen LogP contribution in [0.4, 0.5) is 0 Å². The van der Waals surface area contributed by atoms with Crippen LogP contribution in [0.2, 0.25) is 0 Å². The maximum absolute atomic E-state index is 5.39. The van der Waals surface area contributed by atoms with Crippen molar-refractivity contribution in [3.8, 4) is 0 Å². The Morgan fingerprint density at radius 2 is 2.08 bits per heavy atom. The molecule has 0 spiro atoms. The minimum atomic E-state index is 0.345. The van der Waals surface area contributed by atoms with E-state index in [0.717, 1.165) is 24.2 Å². The van der Waals surface area contributed by atoms with E-state index >= 15 is 0 Å². The lowest BCUT2D eigenvalue weighted by molar-refractivity contribution is 0.833. The molecule has 1 aromatic heterocycles. The van der Waals surface area contributed by atoms with E-state index in [0.29, 0.717) is 4.99 Å². The van der Waals surface area contributed by atoms with Gasteiger partial charge in [0.1, 0.15) is 10.8 Å². The lowest BCUT2D eigenvalue weighted by atomic mass is 10.3. The Morgan fingerprint density at radius 1 is 1.50 bits per heavy atom. The molecule has 0 saturated carbocycles. The van der Waals surface area contributed by atoms with Crippen molar-refractivity contribution in [3.63, 3.8) is 0 Å². The number of thiocarbonyl (C=S) groups is 1. The number of nitrogens with two attached hydrogens (primary N) is 1. The third kappa shape index (κ3) is 2.23. The summed E-state index contributed by atoms with van der Waals surface area (Å²) in [5.41, 5.74) is 6.12. The van der Waals surface area contributed by atoms with E-state index in [1.54, 1.807) is 12.4 Å². The first-order chi connectivity index (χ1) is 5.74. The second-order valence-corrected chi connectivity index (χ2v) is 2.94. The minimum Gasteiger partial charge on any atom is -0.389 e. The predicted octanol–water partition coefficient (Wildman–Crippen LogP) is 1.06. The summed E-state index contributed by atoms with van der Waals surface area (Å²) in [6, 6.07) is 0. The van der Waals surface area contributed by atoms with Gasteiger partial charge in [-0.05, 0) is 6.42 Å². The molecule has 0 fully saturated rings. The van der Waals surface area contributed by atoms with E-state index < -0.39 is 0 Å². The molecule has 12 heavy (non-hydrogen) atoms. The maximum Gasteiger partial charge on any atom is 0.128 e. The molecule has 0 saturated heterocycles. The average molecular weight is 181 g/mol. The SMILES string of the molecule is CCCc1ncc(C(N)=S)cn1. The van der Waals surface area contributed by atoms with Crippen LogP contribution in [-0.4, -0.2) is 15.0 Å². The van der Waals surface area contributed by atoms with Crippen LogP contribution in [0, 0.1) is 0 Å². The summed E-state index contributed by atoms with van der Waals surface area (Å²) < 4.78 is 0. The third-order valence-corrected chi connectivity index (χ3v) is 1.70. The fraction of sp³-hybridized carbons (Fsp3) is 0.375. The summed E-state index contributed by atoms with van der Waals surface area (Å²) in [5.74, 6) is 0.845. The van der Waals surface area contributed by atoms with Crippen molar-refractivity contribution < 1.29 is 0 Å². The second-order valence-electron chi connectivity index (χ2n) is 2.50. The number of hydrogen-bond acceptors (Lipinski definition) is 3. The van der Waals surface area contributed by atoms with Gasteiger partial charge >= 0.3 is 0 Å². The van der Waals surface area contributed by atoms with Gasteiger partial charge < -0.3 is 5.73 Å². The second kappa shape index (κ2) is 4.11. The Morgan fingerprint density at radius 3 is 2.50 bits per heavy atom. The van der Waals surface area contributed by atoms with Gasteiger partial charge in [0, 0.05) is 24.4 Å². The zero-order valence-electron chi connectivity index (χ0n) is 6.95. The van der Waals surface area contributed by atoms with Crippen LogP contribution in [0.3, 0.4) is 0 Å². The normalized spacial score (nSPS) is 9.75. The minimum absolute atomic E-state index is 0.345. The number of aryl methyl sites for hydroxylation is 1. The fourth-order valence-electron chi connectivity index (χ4n) is 0.835. The van der Waals surface area contributed by atoms with Gasteiger partial charge in [-0.2, -0.15) is 0 Å². The molecule has 0 aliphatic rings. The van der Waals surface area contributed by atoms with Crippen LogP contribution >= 0.6 is 12.2 Å². The van der Waals surface area contributed by atoms with Gasteiger partial charge in [0.05, 0.1) is 0 Å². The van der Waals surface area contributed by atoms with Gasteiger partial charge in [-0.1, -0.05) is 19.1 Å². The number of nitrogens with zero attached hydrogens (tertiary/aromatic N) is 2. The molecule has 4 heteroatoms. The molecule has 0 amide bonds. The molecule has 0 atom stereocenters. The first-order valence-electron chi connectivity index (χ1n) is 3.84. The maximum atomic E-state index is 5.39. The fourth-order valence-corrected chi connectivity index (χ4v) is 0.940. The summed E-state index contributed by atoms with van der Waals surface area (Å²) in [4.78, 5) is 8.57. The van der Waals surface area contributed by atoms with Gasteiger partial charge in [0.25, 0.3) is 0 Å². The lowest BCUT2D eigenvalue weighted by Crippen LogP contribution is -2.10. The van der Waals surface area contributed by atoms with Crippen molar-refractivity contribution in [3.05, 3.63) is 23.8 Å². The summed E-state index contributed by atoms with van der Waals surface area (Å²) in [5, 5.41) is 0. The smallest absolute Gasteiger partial charge is 0.128 e. The van der Waals surface area contributed by atoms with Crippen molar-refractivity contribution in [1.82, 2.24) is 9.97 Å². The summed E-state index contributed by atoms with van der Waals surface area (Å²) in [7, 11) is 0. The topological polar surface area (TPSA) is 51.8 Å². The molecular weight excluding hydrogens is 170 g/mol. The van der Waals surface area contributed by atoms with Gasteiger partial charge in [0.15, 0.2) is 0 Å². The van der Waals surface area contributed by atoms with Crippen molar-refractivity contribution in [2.75, 3.05) is 0 Å². The first kappa shape index (κ1) is 9.06. The van der Waals surface area contributed by atoms with Gasteiger partial charge in [0.2, 0.25) is 0 Å². The molecule has 1 aromatic rings. The quantitative estimate of drug-likeness (QED) is 0.708. The largest absolute Gasteiger partial charge is 0.389 e. The molecule has 0 aliphatic heterocycles. The molecule has 1 rings (SSSR count). The highest BCUT2D eigenvalue weighted by Gasteiger charge is 1.97. The molecule has 0 aliphatic carbocycles. The molecule has 2 N–H and O–H groups in total. The Labute approximate surface area is 77.0 Å². The number of rotatable bonds is 3. The van der Waals surface area contributed by atoms with Gasteiger partial charge in [-0.25, -0.2) is 9.97 Å². The molecule has 0 aromatic carbocycles. The molecule has 64 valence electrons. The number of hydrogen-bond donors (Lipinski definition) is 1. The van der Waals surface area contributed by atoms with E-state index in [9.17, 15) is 0 Å². The Bertz CT molecular complexity index is 268. The highest BCUT2D eigenvalue weighted by Crippen LogP contribution is 1.97. The van der Waals surface area contributed by atoms with Crippen LogP contribution < -0.4 is 5.73 Å². The van der Waals surface area contributed by atoms with Crippen LogP contribution in [0.25, 0.3) is 0 Å². The Balaban J connectivity index is 2.78. The van der Waals surface area contributed by atoms with E-state index in [1.165, 1.54) is 0 Å². The standard InChI is InChI=1S/C8H11N3S/c1-2-3-7-10-4-6(5-11-7)8(9)12/h4-5H,2-3H2,1H3,(H2,9,12). The average Bonchev–Trinajstić information content (AvgIpc) is 2.06. The van der Waals surface area contributed by atoms with Crippen LogP contribution in [0.15, 0.2) is 12.4 Å². The lowest BCUT2D eigenvalue weighted by Gasteiger charge is -1.98. The molecule has 0 unspecified atom stereocenters. The zero-order chi connectivity index (χ0) is 8.97. The molecule has 0 bridgehead atoms. The van der Waals surface area contributed by atoms with Crippen molar-refractivity contribution >= 4 is 17.2 Å². The van der Waals surface area contributed by atoms with Crippen molar-refractivity contribution in [1.29, 1.82) is 0 Å². The molecular formula is C8H11N3S. The molecule has 1 heterocycles. The van der Waals surface area contributed by atoms with E-state index in [2.05, 4.69) is 16.9 Å². The van der Waals surface area contributed by atoms with Crippen molar-refractivity contribution in [2.24, 2.45) is 5.73 Å². The first-order valence-corrected chi connectivity index (χ1v) is 4.25. The molecule has 3 nitrogen and oxygen atoms in total. The van der Waals surface area contributed by atoms with E-state index in [4.69, 9.17) is 18.0 Å². The highest BCUT2D eigenvalue weighted by molar-refractivity contribution is 7.80. The van der Waals surface area contributed by atoms with E-state index in [-0.39, 0.29) is 0 Å². The van der Waals surface area contributed by atoms with Crippen LogP contribution in [-0.2, 0) is 6.42 Å². The van der Waals surface area contributed by atoms with E-state index in [1.807, 2.05) is 0 Å². The van der Waals surface area contributed by atoms with Crippen LogP contribution in [0.5, 0.6) is 0 Å². The monoisotopic (exact) mass is 181 g/mol. The highest BCUT2D eigenvalue weighted by atomic mass is 32.1. The number of aromatic nitrogens is 2. The third-order valence-electron chi connectivity index (χ3n) is 1.46. The Kier molecular flexibility index (Phi) is 3.10. The summed E-state index contributed by atoms with van der Waals surface area (Å²) >= 11 is 4.77. The summed E-state index contributed by atoms with van der Waals surface area (Å²) in [6.07, 6.45) is 5.28. The van der Waals surface area contributed by atoms with Crippen molar-refractivity contribution in [2.45, 2.75) is 19.8 Å². The predicted molar refractivity (Wildman–Crippen MR) is 51.9 cm³/mol. The van der Waals surface area contributed by atoms with Crippen LogP contribution in [0.1, 0.15) is 24.7 Å². The van der Waals surface area contributed by atoms with Gasteiger partial charge in [-0.3, -0.25) is 0 Å². The summed E-state index contributed by atoms with van der Waals surface area (Å²) in [6.45, 7) is 2.09. The molecule has 0 radical (unpaired) electrons. The Hall–Kier alpha value is -1.03.